The highest BCUT2D eigenvalue weighted by Crippen LogP contribution is 2.26. The number of hydrogen-bond acceptors (Lipinski definition) is 5. The summed E-state index contributed by atoms with van der Waals surface area (Å²) in [7, 11) is 0. The van der Waals surface area contributed by atoms with Gasteiger partial charge in [0.05, 0.1) is 17.9 Å². The molecule has 0 aliphatic heterocycles. The van der Waals surface area contributed by atoms with E-state index in [1.165, 1.54) is 12.4 Å². The molecule has 0 amide bonds. The summed E-state index contributed by atoms with van der Waals surface area (Å²) in [5, 5.41) is 11.9. The first kappa shape index (κ1) is 16.2. The van der Waals surface area contributed by atoms with Gasteiger partial charge in [0.15, 0.2) is 5.65 Å². The lowest BCUT2D eigenvalue weighted by atomic mass is 10.1. The Morgan fingerprint density at radius 2 is 2.04 bits per heavy atom. The van der Waals surface area contributed by atoms with Gasteiger partial charge in [-0.25, -0.2) is 19.0 Å². The lowest BCUT2D eigenvalue weighted by Gasteiger charge is -2.17. The molecule has 4 aromatic rings. The van der Waals surface area contributed by atoms with Gasteiger partial charge in [0, 0.05) is 24.2 Å². The van der Waals surface area contributed by atoms with Gasteiger partial charge in [-0.1, -0.05) is 12.1 Å². The Morgan fingerprint density at radius 1 is 1.19 bits per heavy atom. The van der Waals surface area contributed by atoms with Gasteiger partial charge in [-0.15, -0.1) is 0 Å². The SMILES string of the molecule is CCn1ncnc1C(C)Nc1cc(-c2ccccc2F)nc2ccnn12. The maximum Gasteiger partial charge on any atom is 0.157 e. The minimum absolute atomic E-state index is 0.110. The Morgan fingerprint density at radius 3 is 2.85 bits per heavy atom. The normalized spacial score (nSPS) is 12.4. The van der Waals surface area contributed by atoms with Gasteiger partial charge in [0.2, 0.25) is 0 Å². The topological polar surface area (TPSA) is 72.9 Å². The molecule has 0 fully saturated rings. The van der Waals surface area contributed by atoms with Crippen LogP contribution >= 0.6 is 0 Å². The minimum atomic E-state index is -0.311. The van der Waals surface area contributed by atoms with Crippen molar-refractivity contribution in [3.05, 3.63) is 60.6 Å². The van der Waals surface area contributed by atoms with Crippen LogP contribution in [0.5, 0.6) is 0 Å². The molecule has 3 heterocycles. The zero-order valence-electron chi connectivity index (χ0n) is 14.5. The van der Waals surface area contributed by atoms with E-state index in [2.05, 4.69) is 25.5 Å². The second-order valence-corrected chi connectivity index (χ2v) is 5.91. The van der Waals surface area contributed by atoms with Crippen molar-refractivity contribution in [2.75, 3.05) is 5.32 Å². The van der Waals surface area contributed by atoms with E-state index >= 15 is 0 Å². The van der Waals surface area contributed by atoms with E-state index in [0.29, 0.717) is 22.7 Å². The highest BCUT2D eigenvalue weighted by Gasteiger charge is 2.16. The van der Waals surface area contributed by atoms with E-state index in [1.54, 1.807) is 41.0 Å². The molecule has 0 aliphatic rings. The molecule has 4 rings (SSSR count). The number of fused-ring (bicyclic) bond motifs is 1. The summed E-state index contributed by atoms with van der Waals surface area (Å²) in [6.45, 7) is 4.74. The zero-order valence-corrected chi connectivity index (χ0v) is 14.5. The molecule has 0 spiro atoms. The van der Waals surface area contributed by atoms with Crippen molar-refractivity contribution in [3.63, 3.8) is 0 Å². The molecular weight excluding hydrogens is 333 g/mol. The molecule has 1 atom stereocenters. The second-order valence-electron chi connectivity index (χ2n) is 5.91. The van der Waals surface area contributed by atoms with Crippen molar-refractivity contribution in [3.8, 4) is 11.3 Å². The van der Waals surface area contributed by atoms with Crippen LogP contribution in [0.4, 0.5) is 10.2 Å². The van der Waals surface area contributed by atoms with Crippen LogP contribution in [0.25, 0.3) is 16.9 Å². The molecule has 0 bridgehead atoms. The molecule has 1 aromatic carbocycles. The van der Waals surface area contributed by atoms with Gasteiger partial charge in [-0.2, -0.15) is 14.7 Å². The first-order valence-electron chi connectivity index (χ1n) is 8.41. The third kappa shape index (κ3) is 2.79. The lowest BCUT2D eigenvalue weighted by Crippen LogP contribution is -2.16. The molecule has 0 radical (unpaired) electrons. The Bertz CT molecular complexity index is 1050. The number of hydrogen-bond donors (Lipinski definition) is 1. The Balaban J connectivity index is 1.77. The average Bonchev–Trinajstić information content (AvgIpc) is 3.31. The summed E-state index contributed by atoms with van der Waals surface area (Å²) >= 11 is 0. The second kappa shape index (κ2) is 6.55. The predicted molar refractivity (Wildman–Crippen MR) is 96.1 cm³/mol. The number of rotatable bonds is 5. The number of halogens is 1. The van der Waals surface area contributed by atoms with Crippen LogP contribution in [0.1, 0.15) is 25.7 Å². The molecule has 26 heavy (non-hydrogen) atoms. The third-order valence-electron chi connectivity index (χ3n) is 4.21. The van der Waals surface area contributed by atoms with E-state index < -0.39 is 0 Å². The van der Waals surface area contributed by atoms with Crippen LogP contribution in [-0.4, -0.2) is 29.4 Å². The fraction of sp³-hybridized carbons (Fsp3) is 0.222. The van der Waals surface area contributed by atoms with E-state index in [9.17, 15) is 4.39 Å². The molecule has 1 N–H and O–H groups in total. The van der Waals surface area contributed by atoms with Gasteiger partial charge >= 0.3 is 0 Å². The number of aromatic nitrogens is 6. The van der Waals surface area contributed by atoms with Crippen molar-refractivity contribution >= 4 is 11.5 Å². The Labute approximate surface area is 149 Å². The van der Waals surface area contributed by atoms with Crippen LogP contribution < -0.4 is 5.32 Å². The molecule has 1 unspecified atom stereocenters. The maximum absolute atomic E-state index is 14.2. The number of nitrogens with one attached hydrogen (secondary N) is 1. The van der Waals surface area contributed by atoms with E-state index in [4.69, 9.17) is 0 Å². The van der Waals surface area contributed by atoms with Gasteiger partial charge < -0.3 is 5.32 Å². The standard InChI is InChI=1S/C18H18FN7/c1-3-25-18(20-11-22-25)12(2)23-17-10-15(13-6-4-5-7-14(13)19)24-16-8-9-21-26(16)17/h4-12,23H,3H2,1-2H3. The Hall–Kier alpha value is -3.29. The summed E-state index contributed by atoms with van der Waals surface area (Å²) in [4.78, 5) is 8.85. The van der Waals surface area contributed by atoms with Crippen molar-refractivity contribution < 1.29 is 4.39 Å². The molecule has 0 saturated heterocycles. The van der Waals surface area contributed by atoms with Gasteiger partial charge in [0.25, 0.3) is 0 Å². The highest BCUT2D eigenvalue weighted by atomic mass is 19.1. The van der Waals surface area contributed by atoms with E-state index in [1.807, 2.05) is 18.5 Å². The van der Waals surface area contributed by atoms with Crippen molar-refractivity contribution in [1.82, 2.24) is 29.4 Å². The number of benzene rings is 1. The molecule has 8 heteroatoms. The van der Waals surface area contributed by atoms with Crippen LogP contribution in [0.15, 0.2) is 48.9 Å². The van der Waals surface area contributed by atoms with Crippen molar-refractivity contribution in [2.24, 2.45) is 0 Å². The van der Waals surface area contributed by atoms with Gasteiger partial charge in [-0.3, -0.25) is 0 Å². The fourth-order valence-electron chi connectivity index (χ4n) is 2.96. The number of anilines is 1. The first-order valence-corrected chi connectivity index (χ1v) is 8.41. The third-order valence-corrected chi connectivity index (χ3v) is 4.21. The van der Waals surface area contributed by atoms with Crippen LogP contribution in [0, 0.1) is 5.82 Å². The quantitative estimate of drug-likeness (QED) is 0.597. The van der Waals surface area contributed by atoms with Gasteiger partial charge in [0.1, 0.15) is 23.8 Å². The van der Waals surface area contributed by atoms with Crippen LogP contribution in [0.3, 0.4) is 0 Å². The van der Waals surface area contributed by atoms with E-state index in [-0.39, 0.29) is 11.9 Å². The largest absolute Gasteiger partial charge is 0.360 e. The Kier molecular flexibility index (Phi) is 4.08. The van der Waals surface area contributed by atoms with E-state index in [0.717, 1.165) is 12.4 Å². The van der Waals surface area contributed by atoms with Crippen molar-refractivity contribution in [2.45, 2.75) is 26.4 Å². The number of aryl methyl sites for hydroxylation is 1. The monoisotopic (exact) mass is 351 g/mol. The summed E-state index contributed by atoms with van der Waals surface area (Å²) in [5.41, 5.74) is 1.63. The molecule has 0 saturated carbocycles. The molecule has 7 nitrogen and oxygen atoms in total. The first-order chi connectivity index (χ1) is 12.7. The van der Waals surface area contributed by atoms with Crippen LogP contribution in [0.2, 0.25) is 0 Å². The van der Waals surface area contributed by atoms with Gasteiger partial charge in [-0.05, 0) is 26.0 Å². The molecule has 132 valence electrons. The summed E-state index contributed by atoms with van der Waals surface area (Å²) < 4.78 is 17.7. The summed E-state index contributed by atoms with van der Waals surface area (Å²) in [6, 6.07) is 10.1. The number of nitrogens with zero attached hydrogens (tertiary/aromatic N) is 6. The van der Waals surface area contributed by atoms with Crippen LogP contribution in [-0.2, 0) is 6.54 Å². The highest BCUT2D eigenvalue weighted by molar-refractivity contribution is 5.67. The molecular formula is C18H18FN7. The zero-order chi connectivity index (χ0) is 18.1. The molecule has 3 aromatic heterocycles. The average molecular weight is 351 g/mol. The lowest BCUT2D eigenvalue weighted by molar-refractivity contribution is 0.591. The maximum atomic E-state index is 14.2. The summed E-state index contributed by atoms with van der Waals surface area (Å²) in [5.74, 6) is 1.21. The summed E-state index contributed by atoms with van der Waals surface area (Å²) in [6.07, 6.45) is 3.20. The molecule has 0 aliphatic carbocycles. The van der Waals surface area contributed by atoms with Crippen molar-refractivity contribution in [1.29, 1.82) is 0 Å². The minimum Gasteiger partial charge on any atom is -0.360 e. The predicted octanol–water partition coefficient (Wildman–Crippen LogP) is 3.32. The smallest absolute Gasteiger partial charge is 0.157 e. The fourth-order valence-corrected chi connectivity index (χ4v) is 2.96.